The molecule has 0 saturated carbocycles. The Morgan fingerprint density at radius 3 is 2.46 bits per heavy atom. The van der Waals surface area contributed by atoms with E-state index in [1.165, 1.54) is 12.6 Å². The van der Waals surface area contributed by atoms with Gasteiger partial charge in [0.1, 0.15) is 5.84 Å². The molecule has 0 aromatic rings. The molecular formula is C10H18N2O. The van der Waals surface area contributed by atoms with Crippen LogP contribution >= 0.6 is 0 Å². The molecule has 0 spiro atoms. The minimum absolute atomic E-state index is 0.533. The first kappa shape index (κ1) is 11.9. The van der Waals surface area contributed by atoms with Gasteiger partial charge in [-0.3, -0.25) is 5.21 Å². The van der Waals surface area contributed by atoms with Gasteiger partial charge in [-0.25, -0.2) is 10.1 Å². The maximum absolute atomic E-state index is 9.00. The molecule has 0 saturated heterocycles. The average Bonchev–Trinajstić information content (AvgIpc) is 2.03. The van der Waals surface area contributed by atoms with Gasteiger partial charge in [0.2, 0.25) is 0 Å². The van der Waals surface area contributed by atoms with Crippen molar-refractivity contribution in [2.75, 3.05) is 7.05 Å². The van der Waals surface area contributed by atoms with Crippen LogP contribution < -0.4 is 0 Å². The van der Waals surface area contributed by atoms with Crippen molar-refractivity contribution in [3.8, 4) is 0 Å². The van der Waals surface area contributed by atoms with Crippen LogP contribution in [0.4, 0.5) is 0 Å². The summed E-state index contributed by atoms with van der Waals surface area (Å²) >= 11 is 0. The summed E-state index contributed by atoms with van der Waals surface area (Å²) in [6.07, 6.45) is 2.90. The number of amidine groups is 1. The highest BCUT2D eigenvalue weighted by Gasteiger charge is 1.95. The summed E-state index contributed by atoms with van der Waals surface area (Å²) in [6, 6.07) is 0. The van der Waals surface area contributed by atoms with Gasteiger partial charge in [-0.05, 0) is 26.3 Å². The second kappa shape index (κ2) is 5.54. The van der Waals surface area contributed by atoms with Crippen molar-refractivity contribution in [2.24, 2.45) is 4.99 Å². The number of hydroxylamine groups is 2. The largest absolute Gasteiger partial charge is 0.288 e. The summed E-state index contributed by atoms with van der Waals surface area (Å²) in [5, 5.41) is 9.97. The molecule has 0 aliphatic heterocycles. The Morgan fingerprint density at radius 2 is 2.08 bits per heavy atom. The lowest BCUT2D eigenvalue weighted by Crippen LogP contribution is -2.19. The van der Waals surface area contributed by atoms with E-state index in [0.29, 0.717) is 11.5 Å². The van der Waals surface area contributed by atoms with Crippen molar-refractivity contribution in [1.29, 1.82) is 0 Å². The molecule has 3 heteroatoms. The zero-order valence-corrected chi connectivity index (χ0v) is 8.83. The smallest absolute Gasteiger partial charge is 0.125 e. The van der Waals surface area contributed by atoms with E-state index in [1.54, 1.807) is 6.92 Å². The number of rotatable bonds is 3. The van der Waals surface area contributed by atoms with E-state index in [1.807, 2.05) is 13.0 Å². The molecule has 0 unspecified atom stereocenters. The van der Waals surface area contributed by atoms with Gasteiger partial charge in [-0.15, -0.1) is 0 Å². The highest BCUT2D eigenvalue weighted by atomic mass is 16.5. The molecule has 0 heterocycles. The fourth-order valence-corrected chi connectivity index (χ4v) is 0.699. The zero-order valence-electron chi connectivity index (χ0n) is 8.83. The van der Waals surface area contributed by atoms with Gasteiger partial charge in [-0.2, -0.15) is 0 Å². The number of aliphatic imine (C=N–C) groups is 1. The van der Waals surface area contributed by atoms with Crippen molar-refractivity contribution in [2.45, 2.75) is 27.2 Å². The van der Waals surface area contributed by atoms with E-state index >= 15 is 0 Å². The monoisotopic (exact) mass is 182 g/mol. The molecule has 0 radical (unpaired) electrons. The SMILES string of the molecule is C=C(/C=C(/C)CC)N=C(C)N(C)O. The first-order valence-corrected chi connectivity index (χ1v) is 4.31. The molecule has 0 aliphatic carbocycles. The Bertz CT molecular complexity index is 239. The van der Waals surface area contributed by atoms with Crippen molar-refractivity contribution in [1.82, 2.24) is 5.06 Å². The normalized spacial score (nSPS) is 13.0. The maximum Gasteiger partial charge on any atom is 0.125 e. The molecule has 0 aromatic carbocycles. The van der Waals surface area contributed by atoms with Gasteiger partial charge in [0.25, 0.3) is 0 Å². The molecule has 13 heavy (non-hydrogen) atoms. The Kier molecular flexibility index (Phi) is 5.07. The molecule has 0 aliphatic rings. The van der Waals surface area contributed by atoms with E-state index in [9.17, 15) is 0 Å². The topological polar surface area (TPSA) is 35.8 Å². The maximum atomic E-state index is 9.00. The van der Waals surface area contributed by atoms with E-state index < -0.39 is 0 Å². The summed E-state index contributed by atoms with van der Waals surface area (Å²) < 4.78 is 0. The summed E-state index contributed by atoms with van der Waals surface area (Å²) in [5.41, 5.74) is 1.89. The summed E-state index contributed by atoms with van der Waals surface area (Å²) in [6.45, 7) is 9.59. The van der Waals surface area contributed by atoms with Crippen molar-refractivity contribution in [3.63, 3.8) is 0 Å². The van der Waals surface area contributed by atoms with Crippen LogP contribution in [0.1, 0.15) is 27.2 Å². The predicted octanol–water partition coefficient (Wildman–Crippen LogP) is 2.60. The number of allylic oxidation sites excluding steroid dienone is 2. The van der Waals surface area contributed by atoms with E-state index in [0.717, 1.165) is 11.5 Å². The zero-order chi connectivity index (χ0) is 10.4. The third-order valence-electron chi connectivity index (χ3n) is 1.74. The number of hydrogen-bond acceptors (Lipinski definition) is 2. The van der Waals surface area contributed by atoms with Gasteiger partial charge in [0.05, 0.1) is 5.70 Å². The van der Waals surface area contributed by atoms with Crippen LogP contribution in [0.15, 0.2) is 28.9 Å². The summed E-state index contributed by atoms with van der Waals surface area (Å²) in [5.74, 6) is 0.533. The van der Waals surface area contributed by atoms with E-state index in [4.69, 9.17) is 5.21 Å². The van der Waals surface area contributed by atoms with Crippen LogP contribution in [0, 0.1) is 0 Å². The van der Waals surface area contributed by atoms with Crippen LogP contribution in [-0.2, 0) is 0 Å². The molecule has 74 valence electrons. The molecule has 1 N–H and O–H groups in total. The fourth-order valence-electron chi connectivity index (χ4n) is 0.699. The van der Waals surface area contributed by atoms with Gasteiger partial charge in [-0.1, -0.05) is 19.1 Å². The molecule has 0 fully saturated rings. The van der Waals surface area contributed by atoms with E-state index in [-0.39, 0.29) is 0 Å². The highest BCUT2D eigenvalue weighted by molar-refractivity contribution is 5.79. The lowest BCUT2D eigenvalue weighted by atomic mass is 10.2. The second-order valence-electron chi connectivity index (χ2n) is 3.02. The standard InChI is InChI=1S/C10H18N2O/c1-6-8(2)7-9(3)11-10(4)12(5)13/h7,13H,3,6H2,1-2,4-5H3/b8-7-,11-10?. The van der Waals surface area contributed by atoms with Crippen molar-refractivity contribution in [3.05, 3.63) is 23.9 Å². The lowest BCUT2D eigenvalue weighted by Gasteiger charge is -2.08. The Morgan fingerprint density at radius 1 is 1.54 bits per heavy atom. The average molecular weight is 182 g/mol. The van der Waals surface area contributed by atoms with Crippen LogP contribution in [0.3, 0.4) is 0 Å². The first-order valence-electron chi connectivity index (χ1n) is 4.31. The quantitative estimate of drug-likeness (QED) is 0.315. The molecule has 0 amide bonds. The first-order chi connectivity index (χ1) is 5.97. The molecule has 3 nitrogen and oxygen atoms in total. The van der Waals surface area contributed by atoms with Crippen molar-refractivity contribution < 1.29 is 5.21 Å². The third-order valence-corrected chi connectivity index (χ3v) is 1.74. The fraction of sp³-hybridized carbons (Fsp3) is 0.500. The van der Waals surface area contributed by atoms with Gasteiger partial charge >= 0.3 is 0 Å². The molecule has 0 atom stereocenters. The van der Waals surface area contributed by atoms with Crippen molar-refractivity contribution >= 4 is 5.84 Å². The molecule has 0 aromatic heterocycles. The summed E-state index contributed by atoms with van der Waals surface area (Å²) in [4.78, 5) is 4.09. The Balaban J connectivity index is 4.39. The Labute approximate surface area is 80.0 Å². The minimum Gasteiger partial charge on any atom is -0.288 e. The third kappa shape index (κ3) is 5.20. The van der Waals surface area contributed by atoms with Gasteiger partial charge in [0.15, 0.2) is 0 Å². The van der Waals surface area contributed by atoms with Crippen LogP contribution in [0.2, 0.25) is 0 Å². The molecule has 0 bridgehead atoms. The Hall–Kier alpha value is -1.09. The second-order valence-corrected chi connectivity index (χ2v) is 3.02. The predicted molar refractivity (Wildman–Crippen MR) is 55.8 cm³/mol. The minimum atomic E-state index is 0.533. The molecule has 0 rings (SSSR count). The van der Waals surface area contributed by atoms with Gasteiger partial charge in [0, 0.05) is 7.05 Å². The van der Waals surface area contributed by atoms with Crippen LogP contribution in [-0.4, -0.2) is 23.2 Å². The van der Waals surface area contributed by atoms with Crippen LogP contribution in [0.25, 0.3) is 0 Å². The lowest BCUT2D eigenvalue weighted by molar-refractivity contribution is 0.0128. The number of hydrogen-bond donors (Lipinski definition) is 1. The highest BCUT2D eigenvalue weighted by Crippen LogP contribution is 2.05. The summed E-state index contributed by atoms with van der Waals surface area (Å²) in [7, 11) is 1.53. The van der Waals surface area contributed by atoms with Crippen LogP contribution in [0.5, 0.6) is 0 Å². The van der Waals surface area contributed by atoms with Gasteiger partial charge < -0.3 is 0 Å². The van der Waals surface area contributed by atoms with E-state index in [2.05, 4.69) is 18.5 Å². The molecular weight excluding hydrogens is 164 g/mol. The number of nitrogens with zero attached hydrogens (tertiary/aromatic N) is 2.